The van der Waals surface area contributed by atoms with Gasteiger partial charge in [-0.05, 0) is 53.5 Å². The summed E-state index contributed by atoms with van der Waals surface area (Å²) in [6.45, 7) is 3.06. The Morgan fingerprint density at radius 3 is 2.65 bits per heavy atom. The molecule has 0 spiro atoms. The number of allylic oxidation sites excluding steroid dienone is 1. The molecule has 196 valence electrons. The average molecular weight is 577 g/mol. The van der Waals surface area contributed by atoms with Crippen LogP contribution in [0.1, 0.15) is 31.0 Å². The van der Waals surface area contributed by atoms with Crippen LogP contribution in [0.3, 0.4) is 0 Å². The fourth-order valence-corrected chi connectivity index (χ4v) is 3.79. The SMILES string of the molecule is CCOC(=O)C1=C(C)NC(=O)N[C@H]1c1ccc(OCC(=O)N/N=C\c2cc(Br)c(O)cc2O)c(OC)c1. The van der Waals surface area contributed by atoms with Gasteiger partial charge in [0.25, 0.3) is 5.91 Å². The van der Waals surface area contributed by atoms with Gasteiger partial charge in [0.1, 0.15) is 11.5 Å². The molecule has 3 amide bonds. The van der Waals surface area contributed by atoms with Crippen LogP contribution in [0.5, 0.6) is 23.0 Å². The minimum absolute atomic E-state index is 0.141. The van der Waals surface area contributed by atoms with E-state index in [0.29, 0.717) is 15.7 Å². The van der Waals surface area contributed by atoms with Crippen LogP contribution < -0.4 is 25.5 Å². The number of methoxy groups -OCH3 is 1. The van der Waals surface area contributed by atoms with Crippen molar-refractivity contribution < 1.29 is 38.8 Å². The van der Waals surface area contributed by atoms with Crippen molar-refractivity contribution in [3.05, 3.63) is 57.2 Å². The Hall–Kier alpha value is -4.26. The molecule has 13 heteroatoms. The topological polar surface area (TPSA) is 168 Å². The number of nitrogens with zero attached hydrogens (tertiary/aromatic N) is 1. The van der Waals surface area contributed by atoms with Crippen molar-refractivity contribution in [1.29, 1.82) is 0 Å². The van der Waals surface area contributed by atoms with E-state index in [9.17, 15) is 24.6 Å². The normalized spacial score (nSPS) is 15.1. The van der Waals surface area contributed by atoms with E-state index in [0.717, 1.165) is 6.07 Å². The van der Waals surface area contributed by atoms with Crippen molar-refractivity contribution in [2.45, 2.75) is 19.9 Å². The lowest BCUT2D eigenvalue weighted by atomic mass is 9.95. The van der Waals surface area contributed by atoms with E-state index in [1.165, 1.54) is 19.4 Å². The Labute approximate surface area is 220 Å². The number of hydrazone groups is 1. The molecule has 2 aromatic rings. The number of nitrogens with one attached hydrogen (secondary N) is 3. The number of esters is 1. The molecular weight excluding hydrogens is 552 g/mol. The highest BCUT2D eigenvalue weighted by molar-refractivity contribution is 9.10. The number of hydrogen-bond donors (Lipinski definition) is 5. The summed E-state index contributed by atoms with van der Waals surface area (Å²) in [5, 5.41) is 28.4. The van der Waals surface area contributed by atoms with Gasteiger partial charge in [-0.1, -0.05) is 6.07 Å². The third-order valence-corrected chi connectivity index (χ3v) is 5.77. The molecule has 37 heavy (non-hydrogen) atoms. The van der Waals surface area contributed by atoms with Gasteiger partial charge in [-0.25, -0.2) is 15.0 Å². The van der Waals surface area contributed by atoms with Crippen LogP contribution in [-0.2, 0) is 14.3 Å². The van der Waals surface area contributed by atoms with E-state index in [1.54, 1.807) is 32.0 Å². The zero-order valence-corrected chi connectivity index (χ0v) is 21.7. The van der Waals surface area contributed by atoms with Gasteiger partial charge in [0.15, 0.2) is 18.1 Å². The van der Waals surface area contributed by atoms with E-state index in [-0.39, 0.29) is 40.7 Å². The molecule has 5 N–H and O–H groups in total. The largest absolute Gasteiger partial charge is 0.507 e. The van der Waals surface area contributed by atoms with Crippen LogP contribution in [0, 0.1) is 0 Å². The third-order valence-electron chi connectivity index (χ3n) is 5.13. The second-order valence-corrected chi connectivity index (χ2v) is 8.50. The van der Waals surface area contributed by atoms with Gasteiger partial charge in [0.05, 0.1) is 36.0 Å². The Morgan fingerprint density at radius 2 is 1.95 bits per heavy atom. The number of benzene rings is 2. The first-order chi connectivity index (χ1) is 17.6. The van der Waals surface area contributed by atoms with Gasteiger partial charge >= 0.3 is 12.0 Å². The van der Waals surface area contributed by atoms with Gasteiger partial charge in [-0.15, -0.1) is 0 Å². The van der Waals surface area contributed by atoms with Crippen molar-refractivity contribution in [2.24, 2.45) is 5.10 Å². The highest BCUT2D eigenvalue weighted by Gasteiger charge is 2.32. The fraction of sp³-hybridized carbons (Fsp3) is 0.250. The number of rotatable bonds is 9. The number of halogens is 1. The Bertz CT molecular complexity index is 1280. The van der Waals surface area contributed by atoms with Crippen LogP contribution >= 0.6 is 15.9 Å². The number of carbonyl (C=O) groups excluding carboxylic acids is 3. The average Bonchev–Trinajstić information content (AvgIpc) is 2.85. The maximum absolute atomic E-state index is 12.5. The lowest BCUT2D eigenvalue weighted by molar-refractivity contribution is -0.139. The second kappa shape index (κ2) is 12.1. The summed E-state index contributed by atoms with van der Waals surface area (Å²) in [7, 11) is 1.41. The monoisotopic (exact) mass is 576 g/mol. The molecule has 0 saturated heterocycles. The standard InChI is InChI=1S/C24H25BrN4O8/c1-4-36-23(33)21-12(2)27-24(34)28-22(21)13-5-6-18(19(8-13)35-3)37-11-20(32)29-26-10-14-7-15(25)17(31)9-16(14)30/h5-10,22,30-31H,4,11H2,1-3H3,(H,29,32)(H2,27,28,34)/b26-10-/t22-/m0/s1. The molecule has 1 heterocycles. The molecule has 0 aromatic heterocycles. The summed E-state index contributed by atoms with van der Waals surface area (Å²) in [6.07, 6.45) is 1.21. The highest BCUT2D eigenvalue weighted by atomic mass is 79.9. The minimum Gasteiger partial charge on any atom is -0.507 e. The predicted molar refractivity (Wildman–Crippen MR) is 135 cm³/mol. The van der Waals surface area contributed by atoms with Crippen molar-refractivity contribution in [1.82, 2.24) is 16.1 Å². The number of aromatic hydroxyl groups is 2. The van der Waals surface area contributed by atoms with Crippen molar-refractivity contribution in [2.75, 3.05) is 20.3 Å². The number of phenolic OH excluding ortho intramolecular Hbond substituents is 2. The summed E-state index contributed by atoms with van der Waals surface area (Å²) in [4.78, 5) is 36.7. The second-order valence-electron chi connectivity index (χ2n) is 7.65. The first-order valence-electron chi connectivity index (χ1n) is 10.9. The van der Waals surface area contributed by atoms with Crippen LogP contribution in [0.15, 0.2) is 51.2 Å². The number of phenols is 2. The maximum atomic E-state index is 12.5. The molecule has 1 atom stereocenters. The molecule has 1 aliphatic rings. The quantitative estimate of drug-likeness (QED) is 0.172. The summed E-state index contributed by atoms with van der Waals surface area (Å²) >= 11 is 3.13. The number of amides is 3. The smallest absolute Gasteiger partial charge is 0.338 e. The molecule has 0 saturated carbocycles. The van der Waals surface area contributed by atoms with E-state index in [1.807, 2.05) is 0 Å². The minimum atomic E-state index is -0.787. The molecule has 2 aromatic carbocycles. The zero-order chi connectivity index (χ0) is 27.1. The predicted octanol–water partition coefficient (Wildman–Crippen LogP) is 2.59. The van der Waals surface area contributed by atoms with Crippen LogP contribution in [0.2, 0.25) is 0 Å². The van der Waals surface area contributed by atoms with Crippen LogP contribution in [0.25, 0.3) is 0 Å². The molecule has 12 nitrogen and oxygen atoms in total. The van der Waals surface area contributed by atoms with Crippen LogP contribution in [-0.4, -0.2) is 54.7 Å². The first-order valence-corrected chi connectivity index (χ1v) is 11.7. The molecule has 0 fully saturated rings. The molecule has 3 rings (SSSR count). The molecule has 0 unspecified atom stereocenters. The number of hydrogen-bond acceptors (Lipinski definition) is 9. The highest BCUT2D eigenvalue weighted by Crippen LogP contribution is 2.34. The van der Waals surface area contributed by atoms with Gasteiger partial charge in [-0.2, -0.15) is 5.10 Å². The van der Waals surface area contributed by atoms with E-state index >= 15 is 0 Å². The Balaban J connectivity index is 1.69. The van der Waals surface area contributed by atoms with Gasteiger partial charge in [0.2, 0.25) is 0 Å². The van der Waals surface area contributed by atoms with Gasteiger partial charge in [-0.3, -0.25) is 4.79 Å². The molecule has 1 aliphatic heterocycles. The summed E-state index contributed by atoms with van der Waals surface area (Å²) < 4.78 is 16.4. The zero-order valence-electron chi connectivity index (χ0n) is 20.1. The summed E-state index contributed by atoms with van der Waals surface area (Å²) in [6, 6.07) is 6.06. The Morgan fingerprint density at radius 1 is 1.19 bits per heavy atom. The first kappa shape index (κ1) is 27.3. The molecule has 0 bridgehead atoms. The Kier molecular flexibility index (Phi) is 8.95. The van der Waals surface area contributed by atoms with Gasteiger partial charge in [0, 0.05) is 17.3 Å². The molecular formula is C24H25BrN4O8. The van der Waals surface area contributed by atoms with Crippen molar-refractivity contribution in [3.8, 4) is 23.0 Å². The third kappa shape index (κ3) is 6.70. The molecule has 0 radical (unpaired) electrons. The lowest BCUT2D eigenvalue weighted by Crippen LogP contribution is -2.45. The number of urea groups is 1. The van der Waals surface area contributed by atoms with Crippen LogP contribution in [0.4, 0.5) is 4.79 Å². The number of carbonyl (C=O) groups is 3. The summed E-state index contributed by atoms with van der Waals surface area (Å²) in [5.74, 6) is -1.01. The summed E-state index contributed by atoms with van der Waals surface area (Å²) in [5.41, 5.74) is 3.69. The maximum Gasteiger partial charge on any atom is 0.338 e. The fourth-order valence-electron chi connectivity index (χ4n) is 3.43. The van der Waals surface area contributed by atoms with Crippen molar-refractivity contribution in [3.63, 3.8) is 0 Å². The van der Waals surface area contributed by atoms with E-state index < -0.39 is 30.6 Å². The molecule has 0 aliphatic carbocycles. The van der Waals surface area contributed by atoms with E-state index in [2.05, 4.69) is 37.1 Å². The number of ether oxygens (including phenoxy) is 3. The van der Waals surface area contributed by atoms with Crippen molar-refractivity contribution >= 4 is 40.1 Å². The van der Waals surface area contributed by atoms with E-state index in [4.69, 9.17) is 14.2 Å². The van der Waals surface area contributed by atoms with Gasteiger partial charge < -0.3 is 35.1 Å². The lowest BCUT2D eigenvalue weighted by Gasteiger charge is -2.28.